The molecular formula is C11H22NO. The molecule has 1 amide bonds. The van der Waals surface area contributed by atoms with Crippen LogP contribution in [0.2, 0.25) is 0 Å². The average Bonchev–Trinajstić information content (AvgIpc) is 2.13. The summed E-state index contributed by atoms with van der Waals surface area (Å²) in [5.74, 6) is 0.171. The molecule has 0 atom stereocenters. The van der Waals surface area contributed by atoms with Crippen LogP contribution in [0.15, 0.2) is 0 Å². The van der Waals surface area contributed by atoms with Crippen molar-refractivity contribution in [3.8, 4) is 0 Å². The highest BCUT2D eigenvalue weighted by atomic mass is 16.1. The van der Waals surface area contributed by atoms with Crippen molar-refractivity contribution in [3.63, 3.8) is 0 Å². The number of hydrogen-bond acceptors (Lipinski definition) is 1. The molecule has 0 rings (SSSR count). The van der Waals surface area contributed by atoms with Crippen molar-refractivity contribution in [2.24, 2.45) is 0 Å². The van der Waals surface area contributed by atoms with Gasteiger partial charge in [0.25, 0.3) is 0 Å². The van der Waals surface area contributed by atoms with Gasteiger partial charge >= 0.3 is 0 Å². The summed E-state index contributed by atoms with van der Waals surface area (Å²) in [7, 11) is 0. The highest BCUT2D eigenvalue weighted by Crippen LogP contribution is 2.02. The Morgan fingerprint density at radius 3 is 2.54 bits per heavy atom. The van der Waals surface area contributed by atoms with Crippen LogP contribution in [0.3, 0.4) is 0 Å². The quantitative estimate of drug-likeness (QED) is 0.577. The SMILES string of the molecule is CCC[CH]NC(=O)CCCCCC. The first kappa shape index (κ1) is 12.5. The minimum atomic E-state index is 0.171. The fraction of sp³-hybridized carbons (Fsp3) is 0.818. The molecule has 0 fully saturated rings. The normalized spacial score (nSPS) is 10.0. The Hall–Kier alpha value is -0.530. The van der Waals surface area contributed by atoms with Crippen LogP contribution in [0.5, 0.6) is 0 Å². The van der Waals surface area contributed by atoms with Gasteiger partial charge in [0, 0.05) is 13.0 Å². The molecule has 0 aliphatic heterocycles. The van der Waals surface area contributed by atoms with Crippen LogP contribution >= 0.6 is 0 Å². The largest absolute Gasteiger partial charge is 0.351 e. The van der Waals surface area contributed by atoms with Crippen molar-refractivity contribution in [2.45, 2.75) is 58.8 Å². The number of hydrogen-bond donors (Lipinski definition) is 1. The van der Waals surface area contributed by atoms with Crippen LogP contribution < -0.4 is 5.32 Å². The fourth-order valence-electron chi connectivity index (χ4n) is 1.11. The first-order valence-corrected chi connectivity index (χ1v) is 5.42. The molecule has 0 heterocycles. The lowest BCUT2D eigenvalue weighted by molar-refractivity contribution is -0.120. The van der Waals surface area contributed by atoms with Crippen LogP contribution in [-0.2, 0) is 4.79 Å². The van der Waals surface area contributed by atoms with E-state index in [9.17, 15) is 4.79 Å². The summed E-state index contributed by atoms with van der Waals surface area (Å²) in [6.45, 7) is 6.14. The Labute approximate surface area is 82.1 Å². The first-order valence-electron chi connectivity index (χ1n) is 5.42. The molecular weight excluding hydrogens is 162 g/mol. The van der Waals surface area contributed by atoms with Crippen molar-refractivity contribution >= 4 is 5.91 Å². The Kier molecular flexibility index (Phi) is 9.17. The molecule has 0 saturated heterocycles. The molecule has 2 heteroatoms. The number of amides is 1. The lowest BCUT2D eigenvalue weighted by Crippen LogP contribution is -2.19. The van der Waals surface area contributed by atoms with Crippen molar-refractivity contribution < 1.29 is 4.79 Å². The molecule has 0 aliphatic rings. The Bertz CT molecular complexity index is 123. The smallest absolute Gasteiger partial charge is 0.220 e. The van der Waals surface area contributed by atoms with E-state index in [1.54, 1.807) is 0 Å². The number of rotatable bonds is 8. The van der Waals surface area contributed by atoms with Gasteiger partial charge in [-0.2, -0.15) is 0 Å². The molecule has 1 radical (unpaired) electrons. The third-order valence-electron chi connectivity index (χ3n) is 1.95. The van der Waals surface area contributed by atoms with Crippen molar-refractivity contribution in [3.05, 3.63) is 6.54 Å². The highest BCUT2D eigenvalue weighted by molar-refractivity contribution is 5.76. The summed E-state index contributed by atoms with van der Waals surface area (Å²) < 4.78 is 0. The van der Waals surface area contributed by atoms with E-state index in [0.29, 0.717) is 6.42 Å². The van der Waals surface area contributed by atoms with E-state index < -0.39 is 0 Å². The van der Waals surface area contributed by atoms with Gasteiger partial charge in [0.15, 0.2) is 0 Å². The minimum absolute atomic E-state index is 0.171. The maximum Gasteiger partial charge on any atom is 0.220 e. The lowest BCUT2D eigenvalue weighted by atomic mass is 10.1. The second-order valence-corrected chi connectivity index (χ2v) is 3.37. The number of unbranched alkanes of at least 4 members (excludes halogenated alkanes) is 4. The number of carbonyl (C=O) groups excluding carboxylic acids is 1. The van der Waals surface area contributed by atoms with Crippen molar-refractivity contribution in [1.29, 1.82) is 0 Å². The zero-order chi connectivity index (χ0) is 9.94. The second-order valence-electron chi connectivity index (χ2n) is 3.37. The van der Waals surface area contributed by atoms with E-state index in [2.05, 4.69) is 19.2 Å². The molecule has 13 heavy (non-hydrogen) atoms. The summed E-state index contributed by atoms with van der Waals surface area (Å²) in [6, 6.07) is 0. The molecule has 1 N–H and O–H groups in total. The van der Waals surface area contributed by atoms with E-state index in [4.69, 9.17) is 0 Å². The predicted octanol–water partition coefficient (Wildman–Crippen LogP) is 3.03. The van der Waals surface area contributed by atoms with Gasteiger partial charge in [0.05, 0.1) is 0 Å². The molecule has 0 spiro atoms. The van der Waals surface area contributed by atoms with Crippen LogP contribution in [0, 0.1) is 6.54 Å². The summed E-state index contributed by atoms with van der Waals surface area (Å²) >= 11 is 0. The van der Waals surface area contributed by atoms with Crippen molar-refractivity contribution in [2.75, 3.05) is 0 Å². The van der Waals surface area contributed by atoms with E-state index in [1.807, 2.05) is 6.54 Å². The van der Waals surface area contributed by atoms with Crippen LogP contribution in [0.25, 0.3) is 0 Å². The van der Waals surface area contributed by atoms with Gasteiger partial charge < -0.3 is 5.32 Å². The second kappa shape index (κ2) is 9.56. The topological polar surface area (TPSA) is 29.1 Å². The zero-order valence-electron chi connectivity index (χ0n) is 8.94. The number of nitrogens with one attached hydrogen (secondary N) is 1. The van der Waals surface area contributed by atoms with Gasteiger partial charge in [-0.15, -0.1) is 0 Å². The molecule has 0 aliphatic carbocycles. The third-order valence-corrected chi connectivity index (χ3v) is 1.95. The van der Waals surface area contributed by atoms with Gasteiger partial charge in [-0.3, -0.25) is 4.79 Å². The summed E-state index contributed by atoms with van der Waals surface area (Å²) in [5.41, 5.74) is 0. The lowest BCUT2D eigenvalue weighted by Gasteiger charge is -2.02. The molecule has 0 aromatic carbocycles. The van der Waals surface area contributed by atoms with Crippen LogP contribution in [0.1, 0.15) is 58.8 Å². The van der Waals surface area contributed by atoms with Gasteiger partial charge in [0.1, 0.15) is 0 Å². The van der Waals surface area contributed by atoms with Gasteiger partial charge in [-0.05, 0) is 12.8 Å². The predicted molar refractivity (Wildman–Crippen MR) is 56.1 cm³/mol. The first-order chi connectivity index (χ1) is 6.31. The monoisotopic (exact) mass is 184 g/mol. The average molecular weight is 184 g/mol. The maximum atomic E-state index is 11.1. The molecule has 2 nitrogen and oxygen atoms in total. The molecule has 77 valence electrons. The summed E-state index contributed by atoms with van der Waals surface area (Å²) in [4.78, 5) is 11.1. The number of carbonyl (C=O) groups is 1. The Morgan fingerprint density at radius 1 is 1.15 bits per heavy atom. The van der Waals surface area contributed by atoms with Gasteiger partial charge in [0.2, 0.25) is 5.91 Å². The van der Waals surface area contributed by atoms with E-state index in [1.165, 1.54) is 19.3 Å². The summed E-state index contributed by atoms with van der Waals surface area (Å²) in [6.07, 6.45) is 7.42. The minimum Gasteiger partial charge on any atom is -0.351 e. The Morgan fingerprint density at radius 2 is 1.92 bits per heavy atom. The van der Waals surface area contributed by atoms with Crippen LogP contribution in [0.4, 0.5) is 0 Å². The van der Waals surface area contributed by atoms with Gasteiger partial charge in [-0.25, -0.2) is 0 Å². The molecule has 0 unspecified atom stereocenters. The van der Waals surface area contributed by atoms with E-state index >= 15 is 0 Å². The molecule has 0 aromatic heterocycles. The fourth-order valence-corrected chi connectivity index (χ4v) is 1.11. The standard InChI is InChI=1S/C11H22NO/c1-3-5-7-8-9-11(13)12-10-6-4-2/h10H,3-9H2,1-2H3,(H,12,13). The maximum absolute atomic E-state index is 11.1. The molecule has 0 saturated carbocycles. The molecule has 0 bridgehead atoms. The van der Waals surface area contributed by atoms with E-state index in [-0.39, 0.29) is 5.91 Å². The van der Waals surface area contributed by atoms with E-state index in [0.717, 1.165) is 19.3 Å². The molecule has 0 aromatic rings. The Balaban J connectivity index is 3.11. The van der Waals surface area contributed by atoms with Gasteiger partial charge in [-0.1, -0.05) is 39.5 Å². The summed E-state index contributed by atoms with van der Waals surface area (Å²) in [5, 5.41) is 2.80. The van der Waals surface area contributed by atoms with Crippen molar-refractivity contribution in [1.82, 2.24) is 5.32 Å². The van der Waals surface area contributed by atoms with Crippen LogP contribution in [-0.4, -0.2) is 5.91 Å². The highest BCUT2D eigenvalue weighted by Gasteiger charge is 1.98. The zero-order valence-corrected chi connectivity index (χ0v) is 8.94. The third kappa shape index (κ3) is 9.38.